The zero-order valence-corrected chi connectivity index (χ0v) is 9.34. The molecule has 0 aliphatic rings. The summed E-state index contributed by atoms with van der Waals surface area (Å²) in [6, 6.07) is -0.280. The van der Waals surface area contributed by atoms with E-state index in [1.165, 1.54) is 0 Å². The zero-order valence-electron chi connectivity index (χ0n) is 8.45. The molecular formula is C9H19NO2S. The second-order valence-electron chi connectivity index (χ2n) is 3.37. The minimum atomic E-state index is -0.696. The highest BCUT2D eigenvalue weighted by Crippen LogP contribution is 2.02. The van der Waals surface area contributed by atoms with Crippen molar-refractivity contribution in [3.8, 4) is 0 Å². The van der Waals surface area contributed by atoms with Gasteiger partial charge in [0.2, 0.25) is 0 Å². The molecule has 2 unspecified atom stereocenters. The van der Waals surface area contributed by atoms with Crippen LogP contribution in [-0.4, -0.2) is 34.8 Å². The van der Waals surface area contributed by atoms with Crippen molar-refractivity contribution < 1.29 is 9.90 Å². The summed E-state index contributed by atoms with van der Waals surface area (Å²) in [6.45, 7) is 5.69. The van der Waals surface area contributed by atoms with Gasteiger partial charge < -0.3 is 10.4 Å². The van der Waals surface area contributed by atoms with Gasteiger partial charge in [-0.15, -0.1) is 0 Å². The van der Waals surface area contributed by atoms with Crippen molar-refractivity contribution in [1.82, 2.24) is 5.32 Å². The average molecular weight is 205 g/mol. The monoisotopic (exact) mass is 205 g/mol. The van der Waals surface area contributed by atoms with Crippen molar-refractivity contribution in [2.24, 2.45) is 0 Å². The molecule has 0 aromatic rings. The summed E-state index contributed by atoms with van der Waals surface area (Å²) in [6.07, 6.45) is -0.256. The fraction of sp³-hybridized carbons (Fsp3) is 0.889. The second-order valence-corrected chi connectivity index (χ2v) is 3.73. The summed E-state index contributed by atoms with van der Waals surface area (Å²) in [7, 11) is 0. The first-order valence-electron chi connectivity index (χ1n) is 4.60. The first-order chi connectivity index (χ1) is 6.02. The predicted octanol–water partition coefficient (Wildman–Crippen LogP) is 0.623. The summed E-state index contributed by atoms with van der Waals surface area (Å²) < 4.78 is 0. The van der Waals surface area contributed by atoms with Crippen LogP contribution in [0.2, 0.25) is 0 Å². The summed E-state index contributed by atoms with van der Waals surface area (Å²) in [5, 5.41) is 12.5. The zero-order chi connectivity index (χ0) is 10.4. The number of hydrogen-bond donors (Lipinski definition) is 3. The Labute approximate surface area is 85.3 Å². The van der Waals surface area contributed by atoms with Crippen molar-refractivity contribution in [3.63, 3.8) is 0 Å². The van der Waals surface area contributed by atoms with Crippen molar-refractivity contribution in [2.45, 2.75) is 45.4 Å². The molecule has 13 heavy (non-hydrogen) atoms. The second kappa shape index (κ2) is 6.40. The van der Waals surface area contributed by atoms with E-state index in [9.17, 15) is 9.90 Å². The summed E-state index contributed by atoms with van der Waals surface area (Å²) >= 11 is 3.97. The molecule has 0 aromatic carbocycles. The lowest BCUT2D eigenvalue weighted by atomic mass is 10.0. The van der Waals surface area contributed by atoms with E-state index in [0.717, 1.165) is 0 Å². The van der Waals surface area contributed by atoms with Crippen LogP contribution in [0.1, 0.15) is 27.2 Å². The van der Waals surface area contributed by atoms with Gasteiger partial charge in [-0.25, -0.2) is 0 Å². The third kappa shape index (κ3) is 4.64. The molecule has 0 bridgehead atoms. The van der Waals surface area contributed by atoms with Crippen molar-refractivity contribution in [3.05, 3.63) is 0 Å². The Kier molecular flexibility index (Phi) is 6.37. The largest absolute Gasteiger partial charge is 0.390 e. The normalized spacial score (nSPS) is 15.8. The van der Waals surface area contributed by atoms with Gasteiger partial charge in [0.15, 0.2) is 5.78 Å². The van der Waals surface area contributed by atoms with Crippen LogP contribution in [-0.2, 0) is 4.79 Å². The molecule has 0 aliphatic heterocycles. The Bertz CT molecular complexity index is 162. The van der Waals surface area contributed by atoms with Gasteiger partial charge in [0, 0.05) is 18.2 Å². The smallest absolute Gasteiger partial charge is 0.152 e. The molecular weight excluding hydrogens is 186 g/mol. The molecule has 0 saturated heterocycles. The van der Waals surface area contributed by atoms with Gasteiger partial charge in [0.25, 0.3) is 0 Å². The number of Topliss-reactive ketones (excluding diaryl/α,β-unsaturated/α-hetero) is 1. The fourth-order valence-electron chi connectivity index (χ4n) is 1.10. The first-order valence-corrected chi connectivity index (χ1v) is 5.23. The highest BCUT2D eigenvalue weighted by molar-refractivity contribution is 7.80. The lowest BCUT2D eigenvalue weighted by Crippen LogP contribution is -2.49. The van der Waals surface area contributed by atoms with Crippen molar-refractivity contribution in [2.75, 3.05) is 5.75 Å². The summed E-state index contributed by atoms with van der Waals surface area (Å²) in [5.74, 6) is 0.339. The van der Waals surface area contributed by atoms with Gasteiger partial charge in [-0.05, 0) is 0 Å². The predicted molar refractivity (Wildman–Crippen MR) is 57.2 cm³/mol. The molecule has 0 fully saturated rings. The van der Waals surface area contributed by atoms with E-state index in [2.05, 4.69) is 17.9 Å². The molecule has 0 heterocycles. The standard InChI is InChI=1S/C9H19NO2S/c1-4-7(11)9(8(12)5-13)10-6(2)3/h6,8-10,12-13H,4-5H2,1-3H3. The lowest BCUT2D eigenvalue weighted by molar-refractivity contribution is -0.123. The number of rotatable bonds is 6. The summed E-state index contributed by atoms with van der Waals surface area (Å²) in [4.78, 5) is 11.4. The number of aliphatic hydroxyl groups excluding tert-OH is 1. The Balaban J connectivity index is 4.26. The number of aliphatic hydroxyl groups is 1. The minimum absolute atomic E-state index is 0.0373. The first kappa shape index (κ1) is 12.9. The van der Waals surface area contributed by atoms with Crippen LogP contribution in [0.25, 0.3) is 0 Å². The van der Waals surface area contributed by atoms with Crippen LogP contribution < -0.4 is 5.32 Å². The molecule has 0 rings (SSSR count). The molecule has 78 valence electrons. The molecule has 2 atom stereocenters. The Morgan fingerprint density at radius 3 is 2.38 bits per heavy atom. The van der Waals surface area contributed by atoms with Gasteiger partial charge in [-0.1, -0.05) is 20.8 Å². The fourth-order valence-corrected chi connectivity index (χ4v) is 1.31. The van der Waals surface area contributed by atoms with Crippen LogP contribution in [0.15, 0.2) is 0 Å². The van der Waals surface area contributed by atoms with Crippen LogP contribution in [0.3, 0.4) is 0 Å². The molecule has 4 heteroatoms. The van der Waals surface area contributed by atoms with E-state index >= 15 is 0 Å². The van der Waals surface area contributed by atoms with E-state index in [4.69, 9.17) is 0 Å². The molecule has 0 radical (unpaired) electrons. The van der Waals surface area contributed by atoms with E-state index in [1.54, 1.807) is 6.92 Å². The van der Waals surface area contributed by atoms with E-state index in [1.807, 2.05) is 13.8 Å². The highest BCUT2D eigenvalue weighted by atomic mass is 32.1. The van der Waals surface area contributed by atoms with Crippen molar-refractivity contribution >= 4 is 18.4 Å². The number of carbonyl (C=O) groups is 1. The van der Waals surface area contributed by atoms with Crippen LogP contribution in [0, 0.1) is 0 Å². The highest BCUT2D eigenvalue weighted by Gasteiger charge is 2.24. The Morgan fingerprint density at radius 1 is 1.54 bits per heavy atom. The van der Waals surface area contributed by atoms with Gasteiger partial charge in [-0.2, -0.15) is 12.6 Å². The maximum Gasteiger partial charge on any atom is 0.152 e. The van der Waals surface area contributed by atoms with Gasteiger partial charge in [-0.3, -0.25) is 4.79 Å². The van der Waals surface area contributed by atoms with Gasteiger partial charge >= 0.3 is 0 Å². The van der Waals surface area contributed by atoms with E-state index in [-0.39, 0.29) is 11.8 Å². The number of ketones is 1. The molecule has 3 nitrogen and oxygen atoms in total. The topological polar surface area (TPSA) is 49.3 Å². The third-order valence-corrected chi connectivity index (χ3v) is 2.15. The average Bonchev–Trinajstić information content (AvgIpc) is 2.11. The lowest BCUT2D eigenvalue weighted by Gasteiger charge is -2.23. The van der Waals surface area contributed by atoms with E-state index < -0.39 is 12.1 Å². The minimum Gasteiger partial charge on any atom is -0.390 e. The van der Waals surface area contributed by atoms with Crippen molar-refractivity contribution in [1.29, 1.82) is 0 Å². The SMILES string of the molecule is CCC(=O)C(NC(C)C)C(O)CS. The molecule has 0 saturated carbocycles. The molecule has 0 spiro atoms. The van der Waals surface area contributed by atoms with Crippen LogP contribution in [0.4, 0.5) is 0 Å². The number of carbonyl (C=O) groups excluding carboxylic acids is 1. The van der Waals surface area contributed by atoms with Crippen LogP contribution in [0.5, 0.6) is 0 Å². The molecule has 2 N–H and O–H groups in total. The maximum atomic E-state index is 11.4. The number of hydrogen-bond acceptors (Lipinski definition) is 4. The molecule has 0 aliphatic carbocycles. The summed E-state index contributed by atoms with van der Waals surface area (Å²) in [5.41, 5.74) is 0. The quantitative estimate of drug-likeness (QED) is 0.557. The number of nitrogens with one attached hydrogen (secondary N) is 1. The maximum absolute atomic E-state index is 11.4. The third-order valence-electron chi connectivity index (χ3n) is 1.78. The van der Waals surface area contributed by atoms with Gasteiger partial charge in [0.1, 0.15) is 0 Å². The molecule has 0 aromatic heterocycles. The van der Waals surface area contributed by atoms with E-state index in [0.29, 0.717) is 12.2 Å². The Morgan fingerprint density at radius 2 is 2.08 bits per heavy atom. The Hall–Kier alpha value is -0.0600. The van der Waals surface area contributed by atoms with Gasteiger partial charge in [0.05, 0.1) is 12.1 Å². The molecule has 0 amide bonds. The number of thiol groups is 1. The van der Waals surface area contributed by atoms with Crippen LogP contribution >= 0.6 is 12.6 Å².